The fourth-order valence-electron chi connectivity index (χ4n) is 1.78. The van der Waals surface area contributed by atoms with Crippen LogP contribution in [-0.4, -0.2) is 20.2 Å². The van der Waals surface area contributed by atoms with Crippen LogP contribution in [0, 0.1) is 0 Å². The van der Waals surface area contributed by atoms with Crippen LogP contribution < -0.4 is 0 Å². The van der Waals surface area contributed by atoms with Gasteiger partial charge >= 0.3 is 0 Å². The molecule has 0 saturated heterocycles. The van der Waals surface area contributed by atoms with E-state index in [1.165, 1.54) is 11.8 Å². The number of hydrogen-bond donors (Lipinski definition) is 0. The molecule has 0 spiro atoms. The monoisotopic (exact) mass is 370 g/mol. The van der Waals surface area contributed by atoms with Crippen molar-refractivity contribution in [2.75, 3.05) is 0 Å². The first-order valence-corrected chi connectivity index (χ1v) is 8.36. The number of rotatable bonds is 4. The number of nitrogens with zero attached hydrogens (tertiary/aromatic N) is 4. The minimum atomic E-state index is 0.461. The highest BCUT2D eigenvalue weighted by atomic mass is 35.5. The summed E-state index contributed by atoms with van der Waals surface area (Å²) in [5.41, 5.74) is 1.90. The molecule has 0 fully saturated rings. The van der Waals surface area contributed by atoms with Gasteiger partial charge in [0.15, 0.2) is 0 Å². The van der Waals surface area contributed by atoms with Crippen LogP contribution in [0.5, 0.6) is 0 Å². The second kappa shape index (κ2) is 6.87. The number of hydrogen-bond acceptors (Lipinski definition) is 4. The molecule has 0 radical (unpaired) electrons. The van der Waals surface area contributed by atoms with E-state index in [1.54, 1.807) is 16.8 Å². The molecule has 0 aliphatic heterocycles. The summed E-state index contributed by atoms with van der Waals surface area (Å²) in [7, 11) is 0. The Morgan fingerprint density at radius 2 is 1.73 bits per heavy atom. The van der Waals surface area contributed by atoms with Crippen molar-refractivity contribution in [1.82, 2.24) is 20.2 Å². The van der Waals surface area contributed by atoms with Gasteiger partial charge in [0.2, 0.25) is 5.16 Å². The molecule has 0 N–H and O–H groups in total. The molecule has 112 valence electrons. The Morgan fingerprint density at radius 1 is 0.955 bits per heavy atom. The van der Waals surface area contributed by atoms with Crippen molar-refractivity contribution in [2.45, 2.75) is 10.9 Å². The molecule has 0 atom stereocenters. The Balaban J connectivity index is 1.79. The van der Waals surface area contributed by atoms with Crippen molar-refractivity contribution in [1.29, 1.82) is 0 Å². The van der Waals surface area contributed by atoms with Crippen LogP contribution in [0.15, 0.2) is 47.6 Å². The fourth-order valence-corrected chi connectivity index (χ4v) is 3.04. The zero-order valence-corrected chi connectivity index (χ0v) is 14.2. The maximum Gasteiger partial charge on any atom is 0.214 e. The van der Waals surface area contributed by atoms with Gasteiger partial charge in [-0.15, -0.1) is 5.10 Å². The lowest BCUT2D eigenvalue weighted by Crippen LogP contribution is -1.99. The molecule has 0 unspecified atom stereocenters. The Labute approximate surface area is 146 Å². The number of benzene rings is 2. The van der Waals surface area contributed by atoms with Gasteiger partial charge in [-0.2, -0.15) is 4.68 Å². The van der Waals surface area contributed by atoms with E-state index in [0.29, 0.717) is 15.2 Å². The summed E-state index contributed by atoms with van der Waals surface area (Å²) in [5.74, 6) is 0.735. The minimum Gasteiger partial charge on any atom is -0.187 e. The third-order valence-electron chi connectivity index (χ3n) is 2.87. The van der Waals surface area contributed by atoms with Crippen LogP contribution in [-0.2, 0) is 5.75 Å². The lowest BCUT2D eigenvalue weighted by molar-refractivity contribution is 0.756. The van der Waals surface area contributed by atoms with Gasteiger partial charge in [-0.05, 0) is 46.3 Å². The van der Waals surface area contributed by atoms with E-state index < -0.39 is 0 Å². The van der Waals surface area contributed by atoms with Gasteiger partial charge in [0.05, 0.1) is 15.7 Å². The molecule has 2 aromatic carbocycles. The highest BCUT2D eigenvalue weighted by Crippen LogP contribution is 2.27. The predicted molar refractivity (Wildman–Crippen MR) is 90.2 cm³/mol. The summed E-state index contributed by atoms with van der Waals surface area (Å²) in [6, 6.07) is 12.9. The lowest BCUT2D eigenvalue weighted by Gasteiger charge is -2.05. The summed E-state index contributed by atoms with van der Waals surface area (Å²) in [5, 5.41) is 14.1. The van der Waals surface area contributed by atoms with E-state index in [2.05, 4.69) is 15.5 Å². The van der Waals surface area contributed by atoms with Crippen molar-refractivity contribution >= 4 is 46.6 Å². The van der Waals surface area contributed by atoms with E-state index in [4.69, 9.17) is 34.8 Å². The van der Waals surface area contributed by atoms with Crippen molar-refractivity contribution in [2.24, 2.45) is 0 Å². The first kappa shape index (κ1) is 15.6. The van der Waals surface area contributed by atoms with Crippen LogP contribution in [0.25, 0.3) is 5.69 Å². The summed E-state index contributed by atoms with van der Waals surface area (Å²) in [6.07, 6.45) is 0. The van der Waals surface area contributed by atoms with Gasteiger partial charge in [-0.25, -0.2) is 0 Å². The third-order valence-corrected chi connectivity index (χ3v) is 4.85. The molecule has 3 aromatic rings. The molecule has 1 heterocycles. The maximum absolute atomic E-state index is 6.04. The largest absolute Gasteiger partial charge is 0.214 e. The SMILES string of the molecule is Clc1ccc(CSc2nnnn2-c2ccc(Cl)c(Cl)c2)cc1. The Morgan fingerprint density at radius 3 is 2.45 bits per heavy atom. The van der Waals surface area contributed by atoms with Gasteiger partial charge < -0.3 is 0 Å². The Hall–Kier alpha value is -1.27. The Kier molecular flexibility index (Phi) is 4.88. The molecule has 0 aliphatic rings. The van der Waals surface area contributed by atoms with Gasteiger partial charge in [-0.1, -0.05) is 58.7 Å². The molecule has 1 aromatic heterocycles. The number of aromatic nitrogens is 4. The average Bonchev–Trinajstić information content (AvgIpc) is 2.98. The highest BCUT2D eigenvalue weighted by Gasteiger charge is 2.10. The van der Waals surface area contributed by atoms with Crippen LogP contribution >= 0.6 is 46.6 Å². The van der Waals surface area contributed by atoms with Crippen LogP contribution in [0.3, 0.4) is 0 Å². The summed E-state index contributed by atoms with van der Waals surface area (Å²) in [4.78, 5) is 0. The van der Waals surface area contributed by atoms with E-state index in [-0.39, 0.29) is 0 Å². The molecular weight excluding hydrogens is 363 g/mol. The van der Waals surface area contributed by atoms with Crippen LogP contribution in [0.1, 0.15) is 5.56 Å². The Bertz CT molecular complexity index is 789. The molecule has 0 aliphatic carbocycles. The molecule has 4 nitrogen and oxygen atoms in total. The summed E-state index contributed by atoms with van der Waals surface area (Å²) in [6.45, 7) is 0. The smallest absolute Gasteiger partial charge is 0.187 e. The van der Waals surface area contributed by atoms with Gasteiger partial charge in [0.1, 0.15) is 0 Å². The van der Waals surface area contributed by atoms with Crippen LogP contribution in [0.4, 0.5) is 0 Å². The molecule has 0 saturated carbocycles. The number of thioether (sulfide) groups is 1. The summed E-state index contributed by atoms with van der Waals surface area (Å²) >= 11 is 19.4. The zero-order valence-electron chi connectivity index (χ0n) is 11.1. The van der Waals surface area contributed by atoms with Crippen molar-refractivity contribution < 1.29 is 0 Å². The normalized spacial score (nSPS) is 10.9. The molecule has 0 amide bonds. The zero-order chi connectivity index (χ0) is 15.5. The lowest BCUT2D eigenvalue weighted by atomic mass is 10.2. The first-order valence-electron chi connectivity index (χ1n) is 6.24. The van der Waals surface area contributed by atoms with E-state index in [0.717, 1.165) is 22.0 Å². The van der Waals surface area contributed by atoms with Crippen LogP contribution in [0.2, 0.25) is 15.1 Å². The third kappa shape index (κ3) is 3.55. The predicted octanol–water partition coefficient (Wildman–Crippen LogP) is 4.91. The maximum atomic E-state index is 6.04. The highest BCUT2D eigenvalue weighted by molar-refractivity contribution is 7.98. The molecule has 3 rings (SSSR count). The minimum absolute atomic E-state index is 0.461. The van der Waals surface area contributed by atoms with E-state index in [9.17, 15) is 0 Å². The molecule has 8 heteroatoms. The molecular formula is C14H9Cl3N4S. The molecule has 22 heavy (non-hydrogen) atoms. The fraction of sp³-hybridized carbons (Fsp3) is 0.0714. The van der Waals surface area contributed by atoms with Gasteiger partial charge in [0.25, 0.3) is 0 Å². The van der Waals surface area contributed by atoms with Gasteiger partial charge in [0, 0.05) is 10.8 Å². The first-order chi connectivity index (χ1) is 10.6. The van der Waals surface area contributed by atoms with Gasteiger partial charge in [-0.3, -0.25) is 0 Å². The van der Waals surface area contributed by atoms with Crippen molar-refractivity contribution in [3.8, 4) is 5.69 Å². The van der Waals surface area contributed by atoms with Crippen molar-refractivity contribution in [3.63, 3.8) is 0 Å². The summed E-state index contributed by atoms with van der Waals surface area (Å²) < 4.78 is 1.63. The standard InChI is InChI=1S/C14H9Cl3N4S/c15-10-3-1-9(2-4-10)8-22-14-18-19-20-21(14)11-5-6-12(16)13(17)7-11/h1-7H,8H2. The quantitative estimate of drug-likeness (QED) is 0.611. The van der Waals surface area contributed by atoms with Crippen molar-refractivity contribution in [3.05, 3.63) is 63.1 Å². The molecule has 0 bridgehead atoms. The second-order valence-corrected chi connectivity index (χ2v) is 6.58. The van der Waals surface area contributed by atoms with E-state index in [1.807, 2.05) is 30.3 Å². The topological polar surface area (TPSA) is 43.6 Å². The number of halogens is 3. The average molecular weight is 372 g/mol. The van der Waals surface area contributed by atoms with E-state index >= 15 is 0 Å². The second-order valence-electron chi connectivity index (χ2n) is 4.39. The number of tetrazole rings is 1.